The molecule has 0 unspecified atom stereocenters. The van der Waals surface area contributed by atoms with Crippen molar-refractivity contribution in [1.82, 2.24) is 4.98 Å². The molecule has 2 aromatic carbocycles. The monoisotopic (exact) mass is 367 g/mol. The van der Waals surface area contributed by atoms with Crippen LogP contribution in [0, 0.1) is 0 Å². The van der Waals surface area contributed by atoms with Gasteiger partial charge in [0.05, 0.1) is 11.2 Å². The number of hydrogen-bond acceptors (Lipinski definition) is 2. The molecule has 0 bridgehead atoms. The molecule has 1 aliphatic rings. The van der Waals surface area contributed by atoms with E-state index in [1.54, 1.807) is 24.3 Å². The zero-order valence-electron chi connectivity index (χ0n) is 13.5. The van der Waals surface area contributed by atoms with E-state index >= 15 is 0 Å². The van der Waals surface area contributed by atoms with Crippen molar-refractivity contribution >= 4 is 17.0 Å². The fourth-order valence-corrected chi connectivity index (χ4v) is 2.29. The number of rotatable bonds is 2. The average molecular weight is 367 g/mol. The molecule has 1 aliphatic carbocycles. The van der Waals surface area contributed by atoms with Crippen molar-refractivity contribution in [3.8, 4) is 0 Å². The Morgan fingerprint density at radius 2 is 1.64 bits per heavy atom. The number of fused-ring (bicyclic) bond motifs is 1. The normalized spacial score (nSPS) is 12.1. The molecule has 0 amide bonds. The largest absolute Gasteiger partial charge is 2.00 e. The molecule has 124 valence electrons. The van der Waals surface area contributed by atoms with Gasteiger partial charge in [-0.1, -0.05) is 54.6 Å². The zero-order chi connectivity index (χ0) is 16.6. The van der Waals surface area contributed by atoms with E-state index in [9.17, 15) is 5.11 Å². The maximum atomic E-state index is 11.8. The number of nitrogens with zero attached hydrogens (tertiary/aromatic N) is 1. The second-order valence-corrected chi connectivity index (χ2v) is 5.26. The van der Waals surface area contributed by atoms with Crippen LogP contribution in [0.1, 0.15) is 5.69 Å². The van der Waals surface area contributed by atoms with Crippen LogP contribution < -0.4 is 5.11 Å². The number of pyridine rings is 1. The van der Waals surface area contributed by atoms with Crippen molar-refractivity contribution < 1.29 is 22.2 Å². The molecule has 4 rings (SSSR count). The Balaban J connectivity index is 0.000000325. The number of para-hydroxylation sites is 1. The molecule has 0 atom stereocenters. The smallest absolute Gasteiger partial charge is 0.872 e. The summed E-state index contributed by atoms with van der Waals surface area (Å²) >= 11 is 0. The molecule has 2 nitrogen and oxygen atoms in total. The molecular weight excluding hydrogens is 350 g/mol. The third-order valence-electron chi connectivity index (χ3n) is 3.53. The second-order valence-electron chi connectivity index (χ2n) is 5.26. The minimum Gasteiger partial charge on any atom is -0.872 e. The first-order chi connectivity index (χ1) is 11.8. The Morgan fingerprint density at radius 3 is 2.32 bits per heavy atom. The van der Waals surface area contributed by atoms with Crippen LogP contribution in [0.5, 0.6) is 0 Å². The van der Waals surface area contributed by atoms with Gasteiger partial charge in [-0.3, -0.25) is 0 Å². The van der Waals surface area contributed by atoms with Crippen LogP contribution in [-0.2, 0) is 17.1 Å². The summed E-state index contributed by atoms with van der Waals surface area (Å²) in [5.41, 5.74) is 2.43. The van der Waals surface area contributed by atoms with E-state index in [-0.39, 0.29) is 22.8 Å². The topological polar surface area (TPSA) is 36.0 Å². The molecule has 0 N–H and O–H groups in total. The van der Waals surface area contributed by atoms with Crippen molar-refractivity contribution in [2.24, 2.45) is 0 Å². The molecule has 0 radical (unpaired) electrons. The average Bonchev–Trinajstić information content (AvgIpc) is 3.35. The Bertz CT molecular complexity index is 887. The van der Waals surface area contributed by atoms with E-state index < -0.39 is 0 Å². The van der Waals surface area contributed by atoms with E-state index in [1.165, 1.54) is 0 Å². The second kappa shape index (κ2) is 9.53. The van der Waals surface area contributed by atoms with Crippen LogP contribution >= 0.6 is 0 Å². The van der Waals surface area contributed by atoms with Crippen LogP contribution in [0.25, 0.3) is 17.0 Å². The molecule has 3 heteroatoms. The van der Waals surface area contributed by atoms with Gasteiger partial charge in [-0.2, -0.15) is 18.2 Å². The van der Waals surface area contributed by atoms with Crippen molar-refractivity contribution in [1.29, 1.82) is 0 Å². The molecule has 0 saturated carbocycles. The number of allylic oxidation sites excluding steroid dienone is 6. The summed E-state index contributed by atoms with van der Waals surface area (Å²) < 4.78 is 0. The third kappa shape index (κ3) is 5.39. The van der Waals surface area contributed by atoms with Crippen molar-refractivity contribution in [2.75, 3.05) is 0 Å². The Labute approximate surface area is 158 Å². The third-order valence-corrected chi connectivity index (χ3v) is 3.53. The molecule has 0 spiro atoms. The van der Waals surface area contributed by atoms with Gasteiger partial charge in [0.2, 0.25) is 0 Å². The molecular formula is C22H17FeNO. The van der Waals surface area contributed by atoms with E-state index in [2.05, 4.69) is 4.98 Å². The van der Waals surface area contributed by atoms with E-state index in [0.717, 1.165) is 16.6 Å². The van der Waals surface area contributed by atoms with Gasteiger partial charge in [-0.15, -0.1) is 5.76 Å². The van der Waals surface area contributed by atoms with Crippen molar-refractivity contribution in [3.63, 3.8) is 0 Å². The summed E-state index contributed by atoms with van der Waals surface area (Å²) in [6.07, 6.45) is 10.6. The van der Waals surface area contributed by atoms with Crippen LogP contribution in [0.15, 0.2) is 108 Å². The standard InChI is InChI=1S/C17H13NO.C5H5.Fe/c19-17(14-6-1-2-7-14)12-11-15-10-9-13-5-3-4-8-16(13)18-15;1-2-4-5-3-1;/h1-12,19H;1-5H;/q;-1;+2/p-1/b12-11+;;. The fraction of sp³-hybridized carbons (Fsp3) is 0. The van der Waals surface area contributed by atoms with Gasteiger partial charge in [0.15, 0.2) is 0 Å². The van der Waals surface area contributed by atoms with Crippen LogP contribution in [0.4, 0.5) is 0 Å². The van der Waals surface area contributed by atoms with Crippen LogP contribution in [0.3, 0.4) is 0 Å². The first-order valence-electron chi connectivity index (χ1n) is 7.79. The molecule has 1 aromatic heterocycles. The molecule has 0 aliphatic heterocycles. The maximum absolute atomic E-state index is 11.8. The van der Waals surface area contributed by atoms with E-state index in [0.29, 0.717) is 5.57 Å². The molecule has 0 fully saturated rings. The molecule has 3 aromatic rings. The Hall–Kier alpha value is -2.74. The van der Waals surface area contributed by atoms with Gasteiger partial charge in [-0.25, -0.2) is 17.1 Å². The fourth-order valence-electron chi connectivity index (χ4n) is 2.29. The van der Waals surface area contributed by atoms with Crippen molar-refractivity contribution in [2.45, 2.75) is 0 Å². The van der Waals surface area contributed by atoms with Gasteiger partial charge in [-0.05, 0) is 23.8 Å². The summed E-state index contributed by atoms with van der Waals surface area (Å²) in [6, 6.07) is 21.8. The van der Waals surface area contributed by atoms with Crippen LogP contribution in [0.2, 0.25) is 0 Å². The summed E-state index contributed by atoms with van der Waals surface area (Å²) in [7, 11) is 0. The van der Waals surface area contributed by atoms with Gasteiger partial charge in [0, 0.05) is 5.39 Å². The van der Waals surface area contributed by atoms with Gasteiger partial charge in [0.25, 0.3) is 0 Å². The summed E-state index contributed by atoms with van der Waals surface area (Å²) in [4.78, 5) is 4.49. The molecule has 25 heavy (non-hydrogen) atoms. The van der Waals surface area contributed by atoms with Gasteiger partial charge < -0.3 is 5.11 Å². The summed E-state index contributed by atoms with van der Waals surface area (Å²) in [6.45, 7) is 0. The quantitative estimate of drug-likeness (QED) is 0.383. The van der Waals surface area contributed by atoms with Gasteiger partial charge >= 0.3 is 17.1 Å². The molecule has 1 heterocycles. The Morgan fingerprint density at radius 1 is 0.920 bits per heavy atom. The number of benzene rings is 1. The van der Waals surface area contributed by atoms with E-state index in [4.69, 9.17) is 0 Å². The minimum absolute atomic E-state index is 0. The summed E-state index contributed by atoms with van der Waals surface area (Å²) in [5, 5.41) is 12.9. The predicted molar refractivity (Wildman–Crippen MR) is 98.1 cm³/mol. The number of aromatic nitrogens is 1. The van der Waals surface area contributed by atoms with Crippen molar-refractivity contribution in [3.05, 3.63) is 114 Å². The first kappa shape index (κ1) is 18.6. The summed E-state index contributed by atoms with van der Waals surface area (Å²) in [5.74, 6) is -0.0000383. The predicted octanol–water partition coefficient (Wildman–Crippen LogP) is 4.39. The van der Waals surface area contributed by atoms with Gasteiger partial charge in [0.1, 0.15) is 0 Å². The minimum atomic E-state index is -0.0000383. The first-order valence-corrected chi connectivity index (χ1v) is 7.79. The maximum Gasteiger partial charge on any atom is 2.00 e. The Kier molecular flexibility index (Phi) is 7.09. The molecule has 0 saturated heterocycles. The van der Waals surface area contributed by atoms with Crippen LogP contribution in [-0.4, -0.2) is 4.98 Å². The SMILES string of the molecule is [Fe+2].[O-]C(/C=C/c1ccc2ccccc2n1)=C1C=CC=C1.c1cc[cH-]c1. The zero-order valence-corrected chi connectivity index (χ0v) is 14.6. The van der Waals surface area contributed by atoms with E-state index in [1.807, 2.05) is 78.9 Å². The number of hydrogen-bond donors (Lipinski definition) is 0.